The Bertz CT molecular complexity index is 815. The second-order valence-corrected chi connectivity index (χ2v) is 6.03. The van der Waals surface area contributed by atoms with Crippen LogP contribution < -0.4 is 0 Å². The van der Waals surface area contributed by atoms with Crippen LogP contribution in [0.15, 0.2) is 42.5 Å². The van der Waals surface area contributed by atoms with E-state index in [1.54, 1.807) is 30.0 Å². The average Bonchev–Trinajstić information content (AvgIpc) is 2.63. The first kappa shape index (κ1) is 17.1. The number of piperazine rings is 1. The molecule has 3 rings (SSSR count). The molecule has 130 valence electrons. The molecule has 0 radical (unpaired) electrons. The van der Waals surface area contributed by atoms with E-state index in [2.05, 4.69) is 0 Å². The fraction of sp³-hybridized carbons (Fsp3) is 0.263. The van der Waals surface area contributed by atoms with Crippen molar-refractivity contribution in [2.24, 2.45) is 0 Å². The van der Waals surface area contributed by atoms with E-state index in [-0.39, 0.29) is 22.9 Å². The molecule has 2 aromatic carbocycles. The molecule has 0 unspecified atom stereocenters. The third-order valence-electron chi connectivity index (χ3n) is 4.38. The van der Waals surface area contributed by atoms with Crippen molar-refractivity contribution in [2.45, 2.75) is 6.92 Å². The molecule has 4 nitrogen and oxygen atoms in total. The largest absolute Gasteiger partial charge is 0.335 e. The maximum Gasteiger partial charge on any atom is 0.256 e. The molecule has 0 spiro atoms. The highest BCUT2D eigenvalue weighted by Crippen LogP contribution is 2.15. The molecule has 0 atom stereocenters. The third-order valence-corrected chi connectivity index (χ3v) is 4.38. The smallest absolute Gasteiger partial charge is 0.256 e. The number of aryl methyl sites for hydroxylation is 1. The van der Waals surface area contributed by atoms with Crippen molar-refractivity contribution in [3.05, 3.63) is 70.8 Å². The molecule has 0 aliphatic carbocycles. The van der Waals surface area contributed by atoms with Crippen molar-refractivity contribution in [2.75, 3.05) is 26.2 Å². The molecule has 2 amide bonds. The van der Waals surface area contributed by atoms with Crippen LogP contribution >= 0.6 is 0 Å². The van der Waals surface area contributed by atoms with Crippen molar-refractivity contribution < 1.29 is 18.4 Å². The highest BCUT2D eigenvalue weighted by molar-refractivity contribution is 5.96. The van der Waals surface area contributed by atoms with Crippen LogP contribution in [0.3, 0.4) is 0 Å². The van der Waals surface area contributed by atoms with E-state index in [9.17, 15) is 18.4 Å². The monoisotopic (exact) mass is 344 g/mol. The van der Waals surface area contributed by atoms with Crippen LogP contribution in [0.4, 0.5) is 8.78 Å². The molecule has 1 aliphatic rings. The van der Waals surface area contributed by atoms with E-state index in [0.717, 1.165) is 0 Å². The van der Waals surface area contributed by atoms with Gasteiger partial charge in [-0.2, -0.15) is 0 Å². The highest BCUT2D eigenvalue weighted by atomic mass is 19.1. The van der Waals surface area contributed by atoms with Crippen LogP contribution in [0.25, 0.3) is 0 Å². The summed E-state index contributed by atoms with van der Waals surface area (Å²) < 4.78 is 27.4. The van der Waals surface area contributed by atoms with Gasteiger partial charge in [0.25, 0.3) is 11.8 Å². The van der Waals surface area contributed by atoms with Gasteiger partial charge in [-0.05, 0) is 36.8 Å². The van der Waals surface area contributed by atoms with Crippen molar-refractivity contribution in [3.8, 4) is 0 Å². The van der Waals surface area contributed by atoms with E-state index in [1.165, 1.54) is 29.2 Å². The molecule has 1 saturated heterocycles. The molecule has 0 saturated carbocycles. The van der Waals surface area contributed by atoms with Gasteiger partial charge < -0.3 is 9.80 Å². The number of amides is 2. The number of carbonyl (C=O) groups excluding carboxylic acids is 2. The summed E-state index contributed by atoms with van der Waals surface area (Å²) in [5, 5.41) is 0. The molecule has 1 fully saturated rings. The Labute approximate surface area is 144 Å². The molecule has 6 heteroatoms. The normalized spacial score (nSPS) is 14.5. The molecule has 2 aromatic rings. The Morgan fingerprint density at radius 3 is 2.04 bits per heavy atom. The molecule has 0 aromatic heterocycles. The van der Waals surface area contributed by atoms with E-state index in [4.69, 9.17) is 0 Å². The van der Waals surface area contributed by atoms with Gasteiger partial charge in [0.15, 0.2) is 0 Å². The fourth-order valence-corrected chi connectivity index (χ4v) is 2.83. The predicted octanol–water partition coefficient (Wildman–Crippen LogP) is 2.87. The molecule has 25 heavy (non-hydrogen) atoms. The van der Waals surface area contributed by atoms with Crippen LogP contribution in [0.2, 0.25) is 0 Å². The zero-order valence-electron chi connectivity index (χ0n) is 13.8. The lowest BCUT2D eigenvalue weighted by molar-refractivity contribution is 0.0532. The molecule has 1 aliphatic heterocycles. The van der Waals surface area contributed by atoms with Crippen LogP contribution in [-0.4, -0.2) is 47.8 Å². The summed E-state index contributed by atoms with van der Waals surface area (Å²) in [7, 11) is 0. The van der Waals surface area contributed by atoms with Gasteiger partial charge in [-0.3, -0.25) is 9.59 Å². The molecular formula is C19H18F2N2O2. The van der Waals surface area contributed by atoms with Crippen LogP contribution in [-0.2, 0) is 0 Å². The Balaban J connectivity index is 1.65. The van der Waals surface area contributed by atoms with Crippen molar-refractivity contribution in [3.63, 3.8) is 0 Å². The third kappa shape index (κ3) is 3.52. The van der Waals surface area contributed by atoms with E-state index in [0.29, 0.717) is 31.7 Å². The number of halogens is 2. The first-order chi connectivity index (χ1) is 12.0. The summed E-state index contributed by atoms with van der Waals surface area (Å²) in [5.41, 5.74) is 0.803. The number of benzene rings is 2. The predicted molar refractivity (Wildman–Crippen MR) is 89.3 cm³/mol. The zero-order valence-corrected chi connectivity index (χ0v) is 13.8. The van der Waals surface area contributed by atoms with Gasteiger partial charge in [0, 0.05) is 31.7 Å². The lowest BCUT2D eigenvalue weighted by Crippen LogP contribution is -2.50. The maximum atomic E-state index is 13.7. The van der Waals surface area contributed by atoms with Crippen molar-refractivity contribution >= 4 is 11.8 Å². The second kappa shape index (κ2) is 7.01. The van der Waals surface area contributed by atoms with Crippen LogP contribution in [0, 0.1) is 18.6 Å². The summed E-state index contributed by atoms with van der Waals surface area (Å²) in [4.78, 5) is 27.9. The van der Waals surface area contributed by atoms with E-state index >= 15 is 0 Å². The first-order valence-electron chi connectivity index (χ1n) is 8.06. The minimum atomic E-state index is -0.555. The van der Waals surface area contributed by atoms with E-state index < -0.39 is 11.6 Å². The van der Waals surface area contributed by atoms with Gasteiger partial charge in [-0.15, -0.1) is 0 Å². The van der Waals surface area contributed by atoms with Gasteiger partial charge in [0.1, 0.15) is 11.6 Å². The lowest BCUT2D eigenvalue weighted by Gasteiger charge is -2.35. The van der Waals surface area contributed by atoms with E-state index in [1.807, 2.05) is 0 Å². The first-order valence-corrected chi connectivity index (χ1v) is 8.06. The Morgan fingerprint density at radius 2 is 1.44 bits per heavy atom. The minimum Gasteiger partial charge on any atom is -0.335 e. The Kier molecular flexibility index (Phi) is 4.79. The van der Waals surface area contributed by atoms with Crippen molar-refractivity contribution in [1.82, 2.24) is 9.80 Å². The average molecular weight is 344 g/mol. The summed E-state index contributed by atoms with van der Waals surface area (Å²) in [5.74, 6) is -1.62. The summed E-state index contributed by atoms with van der Waals surface area (Å²) in [6.45, 7) is 2.92. The van der Waals surface area contributed by atoms with Gasteiger partial charge in [-0.25, -0.2) is 8.78 Å². The molecule has 0 bridgehead atoms. The fourth-order valence-electron chi connectivity index (χ4n) is 2.83. The number of hydrogen-bond acceptors (Lipinski definition) is 2. The van der Waals surface area contributed by atoms with Crippen LogP contribution in [0.5, 0.6) is 0 Å². The van der Waals surface area contributed by atoms with Crippen LogP contribution in [0.1, 0.15) is 26.3 Å². The van der Waals surface area contributed by atoms with Crippen molar-refractivity contribution in [1.29, 1.82) is 0 Å². The van der Waals surface area contributed by atoms with Gasteiger partial charge in [0.2, 0.25) is 0 Å². The SMILES string of the molecule is Cc1ccc(C(=O)N2CCN(C(=O)c3ccccc3F)CC2)cc1F. The topological polar surface area (TPSA) is 40.6 Å². The summed E-state index contributed by atoms with van der Waals surface area (Å²) >= 11 is 0. The maximum absolute atomic E-state index is 13.7. The molecule has 0 N–H and O–H groups in total. The quantitative estimate of drug-likeness (QED) is 0.841. The van der Waals surface area contributed by atoms with Gasteiger partial charge in [-0.1, -0.05) is 18.2 Å². The molecular weight excluding hydrogens is 326 g/mol. The number of nitrogens with zero attached hydrogens (tertiary/aromatic N) is 2. The summed E-state index contributed by atoms with van der Waals surface area (Å²) in [6.07, 6.45) is 0. The Morgan fingerprint density at radius 1 is 0.840 bits per heavy atom. The Hall–Kier alpha value is -2.76. The standard InChI is InChI=1S/C19H18F2N2O2/c1-13-6-7-14(12-17(13)21)18(24)22-8-10-23(11-9-22)19(25)15-4-2-3-5-16(15)20/h2-7,12H,8-11H2,1H3. The minimum absolute atomic E-state index is 0.0304. The van der Waals surface area contributed by atoms with Gasteiger partial charge >= 0.3 is 0 Å². The number of rotatable bonds is 2. The summed E-state index contributed by atoms with van der Waals surface area (Å²) in [6, 6.07) is 10.2. The second-order valence-electron chi connectivity index (χ2n) is 6.03. The van der Waals surface area contributed by atoms with Gasteiger partial charge in [0.05, 0.1) is 5.56 Å². The number of hydrogen-bond donors (Lipinski definition) is 0. The molecule has 1 heterocycles. The highest BCUT2D eigenvalue weighted by Gasteiger charge is 2.26. The lowest BCUT2D eigenvalue weighted by atomic mass is 10.1. The number of carbonyl (C=O) groups is 2. The zero-order chi connectivity index (χ0) is 18.0.